The van der Waals surface area contributed by atoms with E-state index in [1.165, 1.54) is 11.1 Å². The lowest BCUT2D eigenvalue weighted by Crippen LogP contribution is -2.28. The summed E-state index contributed by atoms with van der Waals surface area (Å²) in [6, 6.07) is 16.4. The standard InChI is InChI=1S/C23H20N4/c24-22-14-5-1-3-7-16(14)26-18-11-13-9-12(20(18)22)10-19-21(13)23(25)15-6-2-4-8-17(15)27-19/h1-8,12-13H,9-11H2,(H2,24,26)(H2,25,27). The minimum atomic E-state index is 0.372. The normalized spacial score (nSPS) is 20.4. The lowest BCUT2D eigenvalue weighted by Gasteiger charge is -2.38. The summed E-state index contributed by atoms with van der Waals surface area (Å²) >= 11 is 0. The van der Waals surface area contributed by atoms with Crippen molar-refractivity contribution in [1.82, 2.24) is 9.97 Å². The molecule has 6 rings (SSSR count). The van der Waals surface area contributed by atoms with Crippen LogP contribution in [0.5, 0.6) is 0 Å². The number of hydrogen-bond donors (Lipinski definition) is 2. The SMILES string of the molecule is Nc1c2c(nc3ccccc13)CC1CC2Cc2nc3ccccc3c(N)c21. The number of pyridine rings is 2. The lowest BCUT2D eigenvalue weighted by molar-refractivity contribution is 0.449. The molecule has 2 aromatic carbocycles. The second kappa shape index (κ2) is 5.19. The van der Waals surface area contributed by atoms with E-state index < -0.39 is 0 Å². The zero-order chi connectivity index (χ0) is 18.1. The molecule has 2 aliphatic rings. The van der Waals surface area contributed by atoms with Crippen molar-refractivity contribution in [3.05, 3.63) is 71.0 Å². The molecule has 0 fully saturated rings. The number of aromatic nitrogens is 2. The van der Waals surface area contributed by atoms with E-state index in [-0.39, 0.29) is 0 Å². The number of anilines is 2. The van der Waals surface area contributed by atoms with E-state index in [2.05, 4.69) is 12.1 Å². The monoisotopic (exact) mass is 352 g/mol. The van der Waals surface area contributed by atoms with Gasteiger partial charge in [-0.25, -0.2) is 0 Å². The molecule has 0 radical (unpaired) electrons. The number of hydrogen-bond acceptors (Lipinski definition) is 4. The Morgan fingerprint density at radius 1 is 0.667 bits per heavy atom. The zero-order valence-corrected chi connectivity index (χ0v) is 14.9. The maximum absolute atomic E-state index is 6.63. The van der Waals surface area contributed by atoms with Crippen LogP contribution < -0.4 is 11.5 Å². The number of rotatable bonds is 0. The molecule has 2 heterocycles. The van der Waals surface area contributed by atoms with Gasteiger partial charge in [-0.1, -0.05) is 36.4 Å². The summed E-state index contributed by atoms with van der Waals surface area (Å²) in [5.74, 6) is 0.743. The Hall–Kier alpha value is -3.14. The van der Waals surface area contributed by atoms with Crippen LogP contribution in [0.25, 0.3) is 21.8 Å². The van der Waals surface area contributed by atoms with Crippen molar-refractivity contribution in [3.8, 4) is 0 Å². The molecule has 2 unspecified atom stereocenters. The topological polar surface area (TPSA) is 77.8 Å². The third-order valence-electron chi connectivity index (χ3n) is 6.37. The predicted octanol–water partition coefficient (Wildman–Crippen LogP) is 4.32. The van der Waals surface area contributed by atoms with Crippen molar-refractivity contribution in [2.24, 2.45) is 0 Å². The highest BCUT2D eigenvalue weighted by molar-refractivity contribution is 5.94. The minimum absolute atomic E-state index is 0.372. The van der Waals surface area contributed by atoms with E-state index in [0.717, 1.165) is 63.8 Å². The molecule has 2 aromatic heterocycles. The number of benzene rings is 2. The molecule has 2 aliphatic carbocycles. The van der Waals surface area contributed by atoms with Crippen LogP contribution in [0.15, 0.2) is 48.5 Å². The van der Waals surface area contributed by atoms with Crippen LogP contribution >= 0.6 is 0 Å². The molecular formula is C23H20N4. The Bertz CT molecular complexity index is 1150. The molecule has 4 aromatic rings. The summed E-state index contributed by atoms with van der Waals surface area (Å²) in [5.41, 5.74) is 21.8. The van der Waals surface area contributed by atoms with Crippen LogP contribution in [0.4, 0.5) is 11.4 Å². The number of fused-ring (bicyclic) bond motifs is 8. The average Bonchev–Trinajstić information content (AvgIpc) is 2.68. The van der Waals surface area contributed by atoms with Gasteiger partial charge in [-0.3, -0.25) is 9.97 Å². The Labute approximate surface area is 157 Å². The molecule has 132 valence electrons. The van der Waals surface area contributed by atoms with Gasteiger partial charge in [0.25, 0.3) is 0 Å². The third-order valence-corrected chi connectivity index (χ3v) is 6.37. The fourth-order valence-electron chi connectivity index (χ4n) is 5.25. The molecule has 0 amide bonds. The second-order valence-corrected chi connectivity index (χ2v) is 7.84. The van der Waals surface area contributed by atoms with Crippen LogP contribution in [0.3, 0.4) is 0 Å². The zero-order valence-electron chi connectivity index (χ0n) is 14.9. The first-order chi connectivity index (χ1) is 13.2. The molecule has 4 nitrogen and oxygen atoms in total. The van der Waals surface area contributed by atoms with Gasteiger partial charge in [-0.05, 0) is 43.2 Å². The van der Waals surface area contributed by atoms with E-state index in [9.17, 15) is 0 Å². The van der Waals surface area contributed by atoms with Crippen molar-refractivity contribution >= 4 is 33.2 Å². The Balaban J connectivity index is 1.59. The van der Waals surface area contributed by atoms with E-state index in [0.29, 0.717) is 11.8 Å². The Morgan fingerprint density at radius 2 is 1.11 bits per heavy atom. The Morgan fingerprint density at radius 3 is 1.59 bits per heavy atom. The van der Waals surface area contributed by atoms with Gasteiger partial charge in [-0.15, -0.1) is 0 Å². The summed E-state index contributed by atoms with van der Waals surface area (Å²) in [6.45, 7) is 0. The van der Waals surface area contributed by atoms with Crippen LogP contribution in [0.1, 0.15) is 40.8 Å². The van der Waals surface area contributed by atoms with E-state index in [1.54, 1.807) is 0 Å². The van der Waals surface area contributed by atoms with Gasteiger partial charge < -0.3 is 11.5 Å². The first-order valence-corrected chi connectivity index (χ1v) is 9.54. The fraction of sp³-hybridized carbons (Fsp3) is 0.217. The van der Waals surface area contributed by atoms with Gasteiger partial charge >= 0.3 is 0 Å². The highest BCUT2D eigenvalue weighted by Crippen LogP contribution is 2.51. The van der Waals surface area contributed by atoms with Crippen molar-refractivity contribution in [2.45, 2.75) is 31.1 Å². The fourth-order valence-corrected chi connectivity index (χ4v) is 5.25. The highest BCUT2D eigenvalue weighted by atomic mass is 14.8. The van der Waals surface area contributed by atoms with Gasteiger partial charge in [-0.2, -0.15) is 0 Å². The van der Waals surface area contributed by atoms with Gasteiger partial charge in [0, 0.05) is 44.7 Å². The summed E-state index contributed by atoms with van der Waals surface area (Å²) in [4.78, 5) is 9.97. The van der Waals surface area contributed by atoms with Gasteiger partial charge in [0.2, 0.25) is 0 Å². The minimum Gasteiger partial charge on any atom is -0.398 e. The van der Waals surface area contributed by atoms with E-state index in [4.69, 9.17) is 21.4 Å². The molecule has 4 N–H and O–H groups in total. The number of nitrogens with two attached hydrogens (primary N) is 2. The molecule has 0 saturated carbocycles. The van der Waals surface area contributed by atoms with Crippen LogP contribution in [0.2, 0.25) is 0 Å². The first kappa shape index (κ1) is 15.0. The second-order valence-electron chi connectivity index (χ2n) is 7.84. The highest BCUT2D eigenvalue weighted by Gasteiger charge is 2.38. The summed E-state index contributed by atoms with van der Waals surface area (Å²) in [5, 5.41) is 2.12. The molecule has 0 spiro atoms. The summed E-state index contributed by atoms with van der Waals surface area (Å²) < 4.78 is 0. The third kappa shape index (κ3) is 1.98. The predicted molar refractivity (Wildman–Crippen MR) is 110 cm³/mol. The van der Waals surface area contributed by atoms with Gasteiger partial charge in [0.05, 0.1) is 11.0 Å². The quantitative estimate of drug-likeness (QED) is 0.494. The van der Waals surface area contributed by atoms with Crippen molar-refractivity contribution in [2.75, 3.05) is 11.5 Å². The summed E-state index contributed by atoms with van der Waals surface area (Å²) in [6.07, 6.45) is 2.85. The van der Waals surface area contributed by atoms with Gasteiger partial charge in [0.1, 0.15) is 0 Å². The molecule has 0 aliphatic heterocycles. The van der Waals surface area contributed by atoms with Crippen molar-refractivity contribution in [3.63, 3.8) is 0 Å². The maximum Gasteiger partial charge on any atom is 0.0726 e. The summed E-state index contributed by atoms with van der Waals surface area (Å²) in [7, 11) is 0. The molecule has 4 heteroatoms. The number of para-hydroxylation sites is 2. The van der Waals surface area contributed by atoms with E-state index >= 15 is 0 Å². The maximum atomic E-state index is 6.63. The van der Waals surface area contributed by atoms with Gasteiger partial charge in [0.15, 0.2) is 0 Å². The van der Waals surface area contributed by atoms with Crippen LogP contribution in [-0.4, -0.2) is 9.97 Å². The number of nitrogen functional groups attached to an aromatic ring is 2. The Kier molecular flexibility index (Phi) is 2.88. The van der Waals surface area contributed by atoms with Crippen molar-refractivity contribution < 1.29 is 0 Å². The van der Waals surface area contributed by atoms with E-state index in [1.807, 2.05) is 36.4 Å². The first-order valence-electron chi connectivity index (χ1n) is 9.54. The molecule has 2 atom stereocenters. The molecule has 2 bridgehead atoms. The molecule has 0 saturated heterocycles. The molecule has 27 heavy (non-hydrogen) atoms. The number of nitrogens with zero attached hydrogens (tertiary/aromatic N) is 2. The lowest BCUT2D eigenvalue weighted by atomic mass is 9.68. The smallest absolute Gasteiger partial charge is 0.0726 e. The average molecular weight is 352 g/mol. The van der Waals surface area contributed by atoms with Crippen LogP contribution in [0, 0.1) is 0 Å². The van der Waals surface area contributed by atoms with Crippen molar-refractivity contribution in [1.29, 1.82) is 0 Å². The van der Waals surface area contributed by atoms with Crippen LogP contribution in [-0.2, 0) is 12.8 Å². The largest absolute Gasteiger partial charge is 0.398 e. The molecular weight excluding hydrogens is 332 g/mol.